The van der Waals surface area contributed by atoms with E-state index >= 15 is 0 Å². The minimum atomic E-state index is -0.215. The molecule has 0 saturated carbocycles. The van der Waals surface area contributed by atoms with Crippen LogP contribution in [0.1, 0.15) is 15.9 Å². The maximum Gasteiger partial charge on any atom is 0.258 e. The fourth-order valence-electron chi connectivity index (χ4n) is 2.09. The number of amides is 1. The molecule has 22 heavy (non-hydrogen) atoms. The van der Waals surface area contributed by atoms with Crippen LogP contribution in [0.25, 0.3) is 5.69 Å². The second kappa shape index (κ2) is 6.03. The monoisotopic (exact) mass is 311 g/mol. The van der Waals surface area contributed by atoms with E-state index in [-0.39, 0.29) is 5.91 Å². The Morgan fingerprint density at radius 2 is 1.95 bits per heavy atom. The standard InChI is InChI=1S/C17H14ClN3O/c1-12-7-8-14(18)9-16(12)20-17(22)13-10-19-21(11-13)15-5-3-2-4-6-15/h2-11H,1H3,(H,20,22). The first-order chi connectivity index (χ1) is 10.6. The first kappa shape index (κ1) is 14.4. The van der Waals surface area contributed by atoms with Gasteiger partial charge in [0.25, 0.3) is 5.91 Å². The number of carbonyl (C=O) groups excluding carboxylic acids is 1. The summed E-state index contributed by atoms with van der Waals surface area (Å²) in [5.74, 6) is -0.215. The average Bonchev–Trinajstić information content (AvgIpc) is 3.02. The van der Waals surface area contributed by atoms with Crippen LogP contribution in [0.2, 0.25) is 5.02 Å². The molecule has 0 spiro atoms. The van der Waals surface area contributed by atoms with Gasteiger partial charge in [0.05, 0.1) is 17.4 Å². The first-order valence-corrected chi connectivity index (χ1v) is 7.19. The number of para-hydroxylation sites is 1. The Labute approximate surface area is 133 Å². The molecule has 5 heteroatoms. The third-order valence-corrected chi connectivity index (χ3v) is 3.55. The number of aromatic nitrogens is 2. The van der Waals surface area contributed by atoms with Crippen LogP contribution in [0.4, 0.5) is 5.69 Å². The Balaban J connectivity index is 1.81. The van der Waals surface area contributed by atoms with Gasteiger partial charge < -0.3 is 5.32 Å². The maximum absolute atomic E-state index is 12.3. The molecule has 2 aromatic carbocycles. The molecule has 0 bridgehead atoms. The molecule has 3 aromatic rings. The quantitative estimate of drug-likeness (QED) is 0.792. The van der Waals surface area contributed by atoms with Gasteiger partial charge in [0.1, 0.15) is 0 Å². The average molecular weight is 312 g/mol. The van der Waals surface area contributed by atoms with Crippen molar-refractivity contribution in [1.82, 2.24) is 9.78 Å². The number of halogens is 1. The lowest BCUT2D eigenvalue weighted by atomic mass is 10.2. The zero-order chi connectivity index (χ0) is 15.5. The number of hydrogen-bond acceptors (Lipinski definition) is 2. The summed E-state index contributed by atoms with van der Waals surface area (Å²) < 4.78 is 1.67. The molecule has 110 valence electrons. The van der Waals surface area contributed by atoms with Gasteiger partial charge in [-0.25, -0.2) is 4.68 Å². The van der Waals surface area contributed by atoms with E-state index in [4.69, 9.17) is 11.6 Å². The van der Waals surface area contributed by atoms with E-state index in [1.165, 1.54) is 0 Å². The second-order valence-corrected chi connectivity index (χ2v) is 5.36. The molecule has 0 atom stereocenters. The largest absolute Gasteiger partial charge is 0.322 e. The summed E-state index contributed by atoms with van der Waals surface area (Å²) in [6, 6.07) is 15.0. The highest BCUT2D eigenvalue weighted by atomic mass is 35.5. The molecule has 0 saturated heterocycles. The van der Waals surface area contributed by atoms with Crippen molar-refractivity contribution < 1.29 is 4.79 Å². The predicted octanol–water partition coefficient (Wildman–Crippen LogP) is 4.09. The van der Waals surface area contributed by atoms with E-state index < -0.39 is 0 Å². The summed E-state index contributed by atoms with van der Waals surface area (Å²) in [6.07, 6.45) is 3.24. The Morgan fingerprint density at radius 1 is 1.18 bits per heavy atom. The maximum atomic E-state index is 12.3. The van der Waals surface area contributed by atoms with E-state index in [1.807, 2.05) is 43.3 Å². The summed E-state index contributed by atoms with van der Waals surface area (Å²) in [6.45, 7) is 1.92. The van der Waals surface area contributed by atoms with Crippen molar-refractivity contribution in [3.63, 3.8) is 0 Å². The topological polar surface area (TPSA) is 46.9 Å². The normalized spacial score (nSPS) is 10.5. The van der Waals surface area contributed by atoms with Crippen LogP contribution in [-0.4, -0.2) is 15.7 Å². The Hall–Kier alpha value is -2.59. The van der Waals surface area contributed by atoms with Crippen LogP contribution in [0.3, 0.4) is 0 Å². The third-order valence-electron chi connectivity index (χ3n) is 3.31. The van der Waals surface area contributed by atoms with E-state index in [0.717, 1.165) is 11.3 Å². The zero-order valence-electron chi connectivity index (χ0n) is 12.0. The minimum Gasteiger partial charge on any atom is -0.322 e. The van der Waals surface area contributed by atoms with Crippen LogP contribution < -0.4 is 5.32 Å². The van der Waals surface area contributed by atoms with Crippen LogP contribution in [0, 0.1) is 6.92 Å². The van der Waals surface area contributed by atoms with Gasteiger partial charge in [0.15, 0.2) is 0 Å². The summed E-state index contributed by atoms with van der Waals surface area (Å²) in [5, 5.41) is 7.66. The summed E-state index contributed by atoms with van der Waals surface area (Å²) in [4.78, 5) is 12.3. The molecule has 1 N–H and O–H groups in total. The molecule has 0 unspecified atom stereocenters. The van der Waals surface area contributed by atoms with Crippen molar-refractivity contribution in [3.8, 4) is 5.69 Å². The molecule has 0 radical (unpaired) electrons. The summed E-state index contributed by atoms with van der Waals surface area (Å²) in [7, 11) is 0. The van der Waals surface area contributed by atoms with Crippen molar-refractivity contribution in [2.45, 2.75) is 6.92 Å². The lowest BCUT2D eigenvalue weighted by Crippen LogP contribution is -2.12. The minimum absolute atomic E-state index is 0.215. The van der Waals surface area contributed by atoms with Crippen LogP contribution in [0.5, 0.6) is 0 Å². The van der Waals surface area contributed by atoms with Gasteiger partial charge in [-0.15, -0.1) is 0 Å². The Bertz CT molecular complexity index is 812. The lowest BCUT2D eigenvalue weighted by Gasteiger charge is -2.07. The van der Waals surface area contributed by atoms with Crippen LogP contribution in [-0.2, 0) is 0 Å². The highest BCUT2D eigenvalue weighted by Crippen LogP contribution is 2.21. The van der Waals surface area contributed by atoms with Crippen LogP contribution >= 0.6 is 11.6 Å². The lowest BCUT2D eigenvalue weighted by molar-refractivity contribution is 0.102. The number of carbonyl (C=O) groups is 1. The molecule has 1 aromatic heterocycles. The van der Waals surface area contributed by atoms with Crippen molar-refractivity contribution in [1.29, 1.82) is 0 Å². The summed E-state index contributed by atoms with van der Waals surface area (Å²) >= 11 is 5.96. The van der Waals surface area contributed by atoms with Gasteiger partial charge >= 0.3 is 0 Å². The molecular weight excluding hydrogens is 298 g/mol. The number of nitrogens with one attached hydrogen (secondary N) is 1. The predicted molar refractivity (Wildman–Crippen MR) is 87.7 cm³/mol. The van der Waals surface area contributed by atoms with Gasteiger partial charge in [0.2, 0.25) is 0 Å². The fraction of sp³-hybridized carbons (Fsp3) is 0.0588. The van der Waals surface area contributed by atoms with Gasteiger partial charge in [-0.2, -0.15) is 5.10 Å². The van der Waals surface area contributed by atoms with Crippen molar-refractivity contribution in [3.05, 3.63) is 77.1 Å². The molecule has 0 aliphatic rings. The Kier molecular flexibility index (Phi) is 3.94. The molecule has 4 nitrogen and oxygen atoms in total. The first-order valence-electron chi connectivity index (χ1n) is 6.81. The van der Waals surface area contributed by atoms with Crippen LogP contribution in [0.15, 0.2) is 60.9 Å². The van der Waals surface area contributed by atoms with E-state index in [2.05, 4.69) is 10.4 Å². The van der Waals surface area contributed by atoms with Crippen molar-refractivity contribution in [2.75, 3.05) is 5.32 Å². The highest BCUT2D eigenvalue weighted by molar-refractivity contribution is 6.31. The third kappa shape index (κ3) is 3.02. The number of benzene rings is 2. The molecule has 0 aliphatic carbocycles. The molecular formula is C17H14ClN3O. The SMILES string of the molecule is Cc1ccc(Cl)cc1NC(=O)c1cnn(-c2ccccc2)c1. The zero-order valence-corrected chi connectivity index (χ0v) is 12.7. The second-order valence-electron chi connectivity index (χ2n) is 4.92. The number of anilines is 1. The molecule has 3 rings (SSSR count). The smallest absolute Gasteiger partial charge is 0.258 e. The molecule has 0 fully saturated rings. The van der Waals surface area contributed by atoms with Gasteiger partial charge in [-0.3, -0.25) is 4.79 Å². The Morgan fingerprint density at radius 3 is 2.73 bits per heavy atom. The number of aryl methyl sites for hydroxylation is 1. The van der Waals surface area contributed by atoms with E-state index in [0.29, 0.717) is 16.3 Å². The molecule has 0 aliphatic heterocycles. The molecule has 1 amide bonds. The van der Waals surface area contributed by atoms with Crippen molar-refractivity contribution >= 4 is 23.2 Å². The highest BCUT2D eigenvalue weighted by Gasteiger charge is 2.11. The molecule has 1 heterocycles. The van der Waals surface area contributed by atoms with Gasteiger partial charge in [-0.1, -0.05) is 35.9 Å². The van der Waals surface area contributed by atoms with Gasteiger partial charge in [0, 0.05) is 16.9 Å². The van der Waals surface area contributed by atoms with E-state index in [1.54, 1.807) is 29.2 Å². The fourth-order valence-corrected chi connectivity index (χ4v) is 2.26. The summed E-state index contributed by atoms with van der Waals surface area (Å²) in [5.41, 5.74) is 3.04. The van der Waals surface area contributed by atoms with Crippen molar-refractivity contribution in [2.24, 2.45) is 0 Å². The number of rotatable bonds is 3. The van der Waals surface area contributed by atoms with Gasteiger partial charge in [-0.05, 0) is 36.8 Å². The number of hydrogen-bond donors (Lipinski definition) is 1. The van der Waals surface area contributed by atoms with E-state index in [9.17, 15) is 4.79 Å². The number of nitrogens with zero attached hydrogens (tertiary/aromatic N) is 2.